The molecule has 2 aromatic rings. The van der Waals surface area contributed by atoms with Crippen molar-refractivity contribution in [3.8, 4) is 0 Å². The Balaban J connectivity index is 1.57. The molecule has 29 heavy (non-hydrogen) atoms. The lowest BCUT2D eigenvalue weighted by molar-refractivity contribution is -0.141. The highest BCUT2D eigenvalue weighted by molar-refractivity contribution is 6.30. The third kappa shape index (κ3) is 6.68. The summed E-state index contributed by atoms with van der Waals surface area (Å²) in [5.41, 5.74) is 2.54. The number of hydrogen-bond donors (Lipinski definition) is 1. The van der Waals surface area contributed by atoms with E-state index in [-0.39, 0.29) is 12.6 Å². The molecular formula is C23H27ClN2O3. The van der Waals surface area contributed by atoms with Crippen molar-refractivity contribution in [1.82, 2.24) is 9.80 Å². The molecule has 2 aromatic carbocycles. The third-order valence-corrected chi connectivity index (χ3v) is 5.29. The number of rotatable bonds is 9. The molecule has 1 heterocycles. The first-order valence-corrected chi connectivity index (χ1v) is 10.2. The number of hydrogen-bond acceptors (Lipinski definition) is 4. The highest BCUT2D eigenvalue weighted by Crippen LogP contribution is 2.30. The van der Waals surface area contributed by atoms with Crippen LogP contribution in [0, 0.1) is 0 Å². The van der Waals surface area contributed by atoms with Gasteiger partial charge in [-0.3, -0.25) is 9.80 Å². The number of carboxylic acid groups (broad SMARTS) is 1. The summed E-state index contributed by atoms with van der Waals surface area (Å²) in [5, 5.41) is 9.31. The van der Waals surface area contributed by atoms with E-state index in [9.17, 15) is 4.79 Å². The van der Waals surface area contributed by atoms with Crippen LogP contribution in [-0.2, 0) is 9.53 Å². The second kappa shape index (κ2) is 11.1. The Labute approximate surface area is 177 Å². The number of aliphatic carboxylic acids is 1. The second-order valence-corrected chi connectivity index (χ2v) is 7.52. The van der Waals surface area contributed by atoms with Gasteiger partial charge >= 0.3 is 5.97 Å². The Hall–Kier alpha value is -2.18. The van der Waals surface area contributed by atoms with Gasteiger partial charge in [-0.1, -0.05) is 66.2 Å². The number of carbonyl (C=O) groups is 1. The number of benzene rings is 2. The fourth-order valence-electron chi connectivity index (χ4n) is 3.60. The van der Waals surface area contributed by atoms with Crippen LogP contribution in [0.5, 0.6) is 0 Å². The molecule has 6 heteroatoms. The van der Waals surface area contributed by atoms with Gasteiger partial charge in [0, 0.05) is 37.7 Å². The van der Waals surface area contributed by atoms with Crippen molar-refractivity contribution in [1.29, 1.82) is 0 Å². The van der Waals surface area contributed by atoms with E-state index >= 15 is 0 Å². The van der Waals surface area contributed by atoms with Crippen molar-refractivity contribution < 1.29 is 14.6 Å². The lowest BCUT2D eigenvalue weighted by atomic mass is 9.96. The molecule has 154 valence electrons. The molecule has 3 rings (SSSR count). The Morgan fingerprint density at radius 2 is 1.66 bits per heavy atom. The van der Waals surface area contributed by atoms with E-state index in [1.807, 2.05) is 30.4 Å². The van der Waals surface area contributed by atoms with Gasteiger partial charge in [0.05, 0.1) is 12.6 Å². The molecule has 5 nitrogen and oxygen atoms in total. The monoisotopic (exact) mass is 414 g/mol. The van der Waals surface area contributed by atoms with Crippen LogP contribution in [0.15, 0.2) is 66.7 Å². The van der Waals surface area contributed by atoms with Crippen molar-refractivity contribution in [2.24, 2.45) is 0 Å². The third-order valence-electron chi connectivity index (χ3n) is 5.04. The molecule has 1 N–H and O–H groups in total. The minimum atomic E-state index is -0.942. The van der Waals surface area contributed by atoms with Crippen molar-refractivity contribution in [2.45, 2.75) is 6.04 Å². The van der Waals surface area contributed by atoms with Gasteiger partial charge in [0.2, 0.25) is 0 Å². The number of nitrogens with zero attached hydrogens (tertiary/aromatic N) is 2. The van der Waals surface area contributed by atoms with Crippen LogP contribution < -0.4 is 0 Å². The zero-order chi connectivity index (χ0) is 20.5. The van der Waals surface area contributed by atoms with Crippen LogP contribution in [0.4, 0.5) is 0 Å². The van der Waals surface area contributed by atoms with Crippen molar-refractivity contribution in [2.75, 3.05) is 45.9 Å². The van der Waals surface area contributed by atoms with E-state index in [1.54, 1.807) is 0 Å². The van der Waals surface area contributed by atoms with Crippen LogP contribution in [0.2, 0.25) is 5.02 Å². The quantitative estimate of drug-likeness (QED) is 0.500. The van der Waals surface area contributed by atoms with Gasteiger partial charge in [-0.2, -0.15) is 0 Å². The summed E-state index contributed by atoms with van der Waals surface area (Å²) in [5.74, 6) is -0.942. The standard InChI is InChI=1S/C23H27ClN2O3/c24-21-10-8-20(9-11-21)23(19-6-2-1-3-7-19)26-15-13-25(14-16-26)12-4-5-17-29-18-22(27)28/h1-11,23H,12-18H2,(H,27,28)/b5-4-. The zero-order valence-corrected chi connectivity index (χ0v) is 17.2. The maximum absolute atomic E-state index is 10.4. The Kier molecular flexibility index (Phi) is 8.25. The van der Waals surface area contributed by atoms with Gasteiger partial charge in [-0.25, -0.2) is 4.79 Å². The Morgan fingerprint density at radius 1 is 1.00 bits per heavy atom. The average molecular weight is 415 g/mol. The summed E-state index contributed by atoms with van der Waals surface area (Å²) in [6.45, 7) is 4.85. The predicted octanol–water partition coefficient (Wildman–Crippen LogP) is 3.70. The number of piperazine rings is 1. The molecule has 1 atom stereocenters. The van der Waals surface area contributed by atoms with Gasteiger partial charge < -0.3 is 9.84 Å². The van der Waals surface area contributed by atoms with E-state index in [2.05, 4.69) is 46.2 Å². The molecular weight excluding hydrogens is 388 g/mol. The van der Waals surface area contributed by atoms with Gasteiger partial charge in [0.15, 0.2) is 0 Å². The highest BCUT2D eigenvalue weighted by Gasteiger charge is 2.25. The molecule has 0 spiro atoms. The predicted molar refractivity (Wildman–Crippen MR) is 115 cm³/mol. The summed E-state index contributed by atoms with van der Waals surface area (Å²) in [6.07, 6.45) is 3.93. The van der Waals surface area contributed by atoms with Gasteiger partial charge in [0.1, 0.15) is 6.61 Å². The molecule has 1 saturated heterocycles. The summed E-state index contributed by atoms with van der Waals surface area (Å²) in [6, 6.07) is 19.0. The molecule has 0 radical (unpaired) electrons. The topological polar surface area (TPSA) is 53.0 Å². The normalized spacial score (nSPS) is 16.9. The summed E-state index contributed by atoms with van der Waals surface area (Å²) in [7, 11) is 0. The maximum Gasteiger partial charge on any atom is 0.329 e. The van der Waals surface area contributed by atoms with Gasteiger partial charge in [-0.15, -0.1) is 0 Å². The van der Waals surface area contributed by atoms with Crippen LogP contribution in [0.1, 0.15) is 17.2 Å². The molecule has 1 aliphatic heterocycles. The SMILES string of the molecule is O=C(O)COC/C=C\CN1CCN(C(c2ccccc2)c2ccc(Cl)cc2)CC1. The van der Waals surface area contributed by atoms with Crippen molar-refractivity contribution in [3.05, 3.63) is 82.9 Å². The smallest absolute Gasteiger partial charge is 0.329 e. The van der Waals surface area contributed by atoms with Crippen LogP contribution in [0.25, 0.3) is 0 Å². The fraction of sp³-hybridized carbons (Fsp3) is 0.348. The Bertz CT molecular complexity index is 788. The summed E-state index contributed by atoms with van der Waals surface area (Å²) >= 11 is 6.10. The molecule has 0 bridgehead atoms. The molecule has 1 aliphatic rings. The lowest BCUT2D eigenvalue weighted by Crippen LogP contribution is -2.47. The fourth-order valence-corrected chi connectivity index (χ4v) is 3.73. The van der Waals surface area contributed by atoms with E-state index in [0.717, 1.165) is 37.7 Å². The van der Waals surface area contributed by atoms with Crippen molar-refractivity contribution >= 4 is 17.6 Å². The molecule has 0 aliphatic carbocycles. The first-order valence-electron chi connectivity index (χ1n) is 9.85. The molecule has 1 fully saturated rings. The van der Waals surface area contributed by atoms with Crippen LogP contribution in [-0.4, -0.2) is 66.8 Å². The second-order valence-electron chi connectivity index (χ2n) is 7.08. The number of halogens is 1. The Morgan fingerprint density at radius 3 is 2.31 bits per heavy atom. The molecule has 1 unspecified atom stereocenters. The van der Waals surface area contributed by atoms with Gasteiger partial charge in [0.25, 0.3) is 0 Å². The van der Waals surface area contributed by atoms with Crippen LogP contribution in [0.3, 0.4) is 0 Å². The average Bonchev–Trinajstić information content (AvgIpc) is 2.74. The van der Waals surface area contributed by atoms with E-state index in [4.69, 9.17) is 21.4 Å². The summed E-state index contributed by atoms with van der Waals surface area (Å²) < 4.78 is 5.02. The van der Waals surface area contributed by atoms with Crippen LogP contribution >= 0.6 is 11.6 Å². The largest absolute Gasteiger partial charge is 0.480 e. The molecule has 0 aromatic heterocycles. The minimum absolute atomic E-state index is 0.218. The number of carboxylic acids is 1. The zero-order valence-electron chi connectivity index (χ0n) is 16.4. The van der Waals surface area contributed by atoms with Crippen molar-refractivity contribution in [3.63, 3.8) is 0 Å². The van der Waals surface area contributed by atoms with E-state index in [1.165, 1.54) is 11.1 Å². The summed E-state index contributed by atoms with van der Waals surface area (Å²) in [4.78, 5) is 15.3. The lowest BCUT2D eigenvalue weighted by Gasteiger charge is -2.39. The minimum Gasteiger partial charge on any atom is -0.480 e. The first kappa shape index (κ1) is 21.5. The highest BCUT2D eigenvalue weighted by atomic mass is 35.5. The number of ether oxygens (including phenoxy) is 1. The van der Waals surface area contributed by atoms with E-state index in [0.29, 0.717) is 6.61 Å². The molecule has 0 saturated carbocycles. The first-order chi connectivity index (χ1) is 14.1. The maximum atomic E-state index is 10.4. The van der Waals surface area contributed by atoms with Gasteiger partial charge in [-0.05, 0) is 23.3 Å². The van der Waals surface area contributed by atoms with E-state index < -0.39 is 5.97 Å². The molecule has 0 amide bonds.